The zero-order chi connectivity index (χ0) is 30.9. The number of hydrogen-bond acceptors (Lipinski definition) is 8. The molecule has 1 aromatic carbocycles. The summed E-state index contributed by atoms with van der Waals surface area (Å²) in [4.78, 5) is 28.3. The normalized spacial score (nSPS) is 25.4. The Labute approximate surface area is 252 Å². The van der Waals surface area contributed by atoms with Gasteiger partial charge in [-0.1, -0.05) is 12.8 Å². The second-order valence-electron chi connectivity index (χ2n) is 12.9. The number of aromatic nitrogens is 1. The molecule has 2 fully saturated rings. The summed E-state index contributed by atoms with van der Waals surface area (Å²) >= 11 is 0. The van der Waals surface area contributed by atoms with Crippen molar-refractivity contribution >= 4 is 39.4 Å². The molecule has 2 heterocycles. The number of nitrogens with zero attached hydrogens (tertiary/aromatic N) is 1. The molecule has 1 aromatic heterocycles. The molecule has 1 aliphatic heterocycles. The Morgan fingerprint density at radius 2 is 1.81 bits per heavy atom. The third kappa shape index (κ3) is 6.70. The van der Waals surface area contributed by atoms with Crippen LogP contribution in [-0.4, -0.2) is 53.4 Å². The first-order valence-electron chi connectivity index (χ1n) is 15.1. The molecule has 3 aliphatic rings. The van der Waals surface area contributed by atoms with Crippen LogP contribution in [0.5, 0.6) is 0 Å². The van der Waals surface area contributed by atoms with Gasteiger partial charge < -0.3 is 25.8 Å². The molecule has 232 valence electrons. The number of carbonyl (C=O) groups is 1. The second-order valence-corrected chi connectivity index (χ2v) is 14.7. The molecule has 2 aromatic rings. The van der Waals surface area contributed by atoms with Gasteiger partial charge in [0.1, 0.15) is 17.0 Å². The van der Waals surface area contributed by atoms with Gasteiger partial charge in [0, 0.05) is 42.6 Å². The highest BCUT2D eigenvalue weighted by molar-refractivity contribution is 7.89. The van der Waals surface area contributed by atoms with Gasteiger partial charge in [0.05, 0.1) is 16.5 Å². The van der Waals surface area contributed by atoms with Crippen LogP contribution in [0, 0.1) is 22.7 Å². The number of fused-ring (bicyclic) bond motifs is 1. The summed E-state index contributed by atoms with van der Waals surface area (Å²) in [6.45, 7) is 5.74. The molecule has 0 bridgehead atoms. The molecule has 5 rings (SSSR count). The maximum atomic E-state index is 13.5. The van der Waals surface area contributed by atoms with Gasteiger partial charge in [0.25, 0.3) is 5.56 Å². The highest BCUT2D eigenvalue weighted by Crippen LogP contribution is 2.39. The second kappa shape index (κ2) is 12.2. The van der Waals surface area contributed by atoms with Gasteiger partial charge >= 0.3 is 5.97 Å². The van der Waals surface area contributed by atoms with Gasteiger partial charge in [-0.25, -0.2) is 8.42 Å². The number of benzene rings is 1. The van der Waals surface area contributed by atoms with E-state index in [1.54, 1.807) is 30.5 Å². The van der Waals surface area contributed by atoms with Crippen molar-refractivity contribution in [1.29, 1.82) is 10.8 Å². The molecule has 0 saturated heterocycles. The highest BCUT2D eigenvalue weighted by atomic mass is 32.2. The van der Waals surface area contributed by atoms with Crippen molar-refractivity contribution in [3.05, 3.63) is 51.9 Å². The maximum Gasteiger partial charge on any atom is 0.309 e. The summed E-state index contributed by atoms with van der Waals surface area (Å²) in [5.74, 6) is -0.484. The zero-order valence-electron chi connectivity index (χ0n) is 25.0. The number of anilines is 2. The summed E-state index contributed by atoms with van der Waals surface area (Å²) < 4.78 is 34.0. The van der Waals surface area contributed by atoms with Gasteiger partial charge in [-0.3, -0.25) is 15.0 Å². The average Bonchev–Trinajstić information content (AvgIpc) is 3.22. The van der Waals surface area contributed by atoms with Gasteiger partial charge in [0.2, 0.25) is 10.0 Å². The number of pyridine rings is 1. The van der Waals surface area contributed by atoms with Crippen LogP contribution in [0.15, 0.2) is 40.2 Å². The minimum Gasteiger partial charge on any atom is -0.460 e. The molecule has 0 radical (unpaired) electrons. The van der Waals surface area contributed by atoms with Crippen LogP contribution in [0.25, 0.3) is 0 Å². The summed E-state index contributed by atoms with van der Waals surface area (Å²) in [7, 11) is -3.70. The molecular formula is C31H42N6O5S. The standard InChI is InChI=1S/C31H42N6O5S/c1-31(2,3)42-30(39)19-8-11-23(12-9-19)37-18-21-16-22(10-13-26(21)43(37,40)41)35-28(33)27-25(14-15-34-29(27)38)36-24-7-5-4-6-20(24)17-32/h10,13-17,19-20,23-24,32H,4-9,11-12,18H2,1-3H3,(H2,33,35)(H2,34,36,38)/t19-,20-,23+,24+/m1/s1. The SMILES string of the molecule is CC(C)(C)OC(=O)[C@H]1CC[C@@H](N2Cc3cc(NC(=N)c4c(N[C@H]5CCCC[C@@H]5C=N)cc[nH]c4=O)ccc3S2(=O)=O)CC1. The number of ether oxygens (including phenoxy) is 1. The monoisotopic (exact) mass is 610 g/mol. The molecule has 0 spiro atoms. The van der Waals surface area contributed by atoms with Crippen molar-refractivity contribution in [3.63, 3.8) is 0 Å². The van der Waals surface area contributed by atoms with Crippen LogP contribution in [0.1, 0.15) is 83.3 Å². The fourth-order valence-corrected chi connectivity index (χ4v) is 8.37. The molecule has 2 saturated carbocycles. The van der Waals surface area contributed by atoms with E-state index in [2.05, 4.69) is 15.6 Å². The van der Waals surface area contributed by atoms with Crippen LogP contribution in [-0.2, 0) is 26.1 Å². The quantitative estimate of drug-likeness (QED) is 0.170. The number of H-pyrrole nitrogens is 1. The Morgan fingerprint density at radius 3 is 2.51 bits per heavy atom. The third-order valence-corrected chi connectivity index (χ3v) is 10.7. The smallest absolute Gasteiger partial charge is 0.309 e. The van der Waals surface area contributed by atoms with Crippen molar-refractivity contribution in [2.45, 2.75) is 101 Å². The van der Waals surface area contributed by atoms with Gasteiger partial charge in [0.15, 0.2) is 0 Å². The van der Waals surface area contributed by atoms with Crippen LogP contribution < -0.4 is 16.2 Å². The van der Waals surface area contributed by atoms with Crippen LogP contribution in [0.3, 0.4) is 0 Å². The Kier molecular flexibility index (Phi) is 8.80. The lowest BCUT2D eigenvalue weighted by Gasteiger charge is -2.33. The minimum absolute atomic E-state index is 0.00925. The number of esters is 1. The topological polar surface area (TPSA) is 168 Å². The van der Waals surface area contributed by atoms with Gasteiger partial charge in [-0.05, 0) is 89.1 Å². The first-order chi connectivity index (χ1) is 20.4. The van der Waals surface area contributed by atoms with Crippen LogP contribution >= 0.6 is 0 Å². The molecule has 2 aliphatic carbocycles. The molecular weight excluding hydrogens is 568 g/mol. The van der Waals surface area contributed by atoms with E-state index in [4.69, 9.17) is 15.6 Å². The first-order valence-corrected chi connectivity index (χ1v) is 16.5. The Bertz CT molecular complexity index is 1550. The number of sulfonamides is 1. The Balaban J connectivity index is 1.28. The Morgan fingerprint density at radius 1 is 1.09 bits per heavy atom. The van der Waals surface area contributed by atoms with E-state index in [-0.39, 0.29) is 52.7 Å². The van der Waals surface area contributed by atoms with Gasteiger partial charge in [-0.15, -0.1) is 0 Å². The van der Waals surface area contributed by atoms with Gasteiger partial charge in [-0.2, -0.15) is 4.31 Å². The van der Waals surface area contributed by atoms with Crippen LogP contribution in [0.2, 0.25) is 0 Å². The highest BCUT2D eigenvalue weighted by Gasteiger charge is 2.42. The summed E-state index contributed by atoms with van der Waals surface area (Å²) in [6.07, 6.45) is 9.22. The lowest BCUT2D eigenvalue weighted by molar-refractivity contribution is -0.161. The summed E-state index contributed by atoms with van der Waals surface area (Å²) in [5, 5.41) is 23.0. The predicted molar refractivity (Wildman–Crippen MR) is 166 cm³/mol. The molecule has 12 heteroatoms. The van der Waals surface area contributed by atoms with Crippen LogP contribution in [0.4, 0.5) is 11.4 Å². The number of hydrogen-bond donors (Lipinski definition) is 5. The van der Waals surface area contributed by atoms with E-state index in [1.165, 1.54) is 10.5 Å². The third-order valence-electron chi connectivity index (χ3n) is 8.67. The van der Waals surface area contributed by atoms with Crippen molar-refractivity contribution in [1.82, 2.24) is 9.29 Å². The van der Waals surface area contributed by atoms with E-state index in [0.29, 0.717) is 42.6 Å². The average molecular weight is 611 g/mol. The first kappa shape index (κ1) is 30.9. The largest absolute Gasteiger partial charge is 0.460 e. The fourth-order valence-electron chi connectivity index (χ4n) is 6.51. The number of nitrogens with one attached hydrogen (secondary N) is 5. The molecule has 43 heavy (non-hydrogen) atoms. The van der Waals surface area contributed by atoms with E-state index in [0.717, 1.165) is 25.7 Å². The predicted octanol–water partition coefficient (Wildman–Crippen LogP) is 4.84. The van der Waals surface area contributed by atoms with Crippen molar-refractivity contribution in [3.8, 4) is 0 Å². The number of amidine groups is 1. The summed E-state index contributed by atoms with van der Waals surface area (Å²) in [6, 6.07) is 6.43. The maximum absolute atomic E-state index is 13.5. The van der Waals surface area contributed by atoms with E-state index < -0.39 is 21.2 Å². The number of rotatable bonds is 7. The molecule has 11 nitrogen and oxygen atoms in total. The van der Waals surface area contributed by atoms with Crippen molar-refractivity contribution in [2.24, 2.45) is 11.8 Å². The fraction of sp³-hybridized carbons (Fsp3) is 0.548. The lowest BCUT2D eigenvalue weighted by atomic mass is 9.85. The van der Waals surface area contributed by atoms with Crippen molar-refractivity contribution in [2.75, 3.05) is 10.6 Å². The number of aromatic amines is 1. The molecule has 5 N–H and O–H groups in total. The van der Waals surface area contributed by atoms with Crippen molar-refractivity contribution < 1.29 is 17.9 Å². The lowest BCUT2D eigenvalue weighted by Crippen LogP contribution is -2.40. The number of carbonyl (C=O) groups excluding carboxylic acids is 1. The summed E-state index contributed by atoms with van der Waals surface area (Å²) in [5.41, 5.74) is 0.857. The zero-order valence-corrected chi connectivity index (χ0v) is 25.9. The molecule has 0 unspecified atom stereocenters. The molecule has 0 amide bonds. The van der Waals surface area contributed by atoms with E-state index >= 15 is 0 Å². The van der Waals surface area contributed by atoms with E-state index in [1.807, 2.05) is 20.8 Å². The molecule has 2 atom stereocenters. The Hall–Kier alpha value is -3.51. The van der Waals surface area contributed by atoms with E-state index in [9.17, 15) is 18.0 Å². The minimum atomic E-state index is -3.70.